The van der Waals surface area contributed by atoms with Crippen LogP contribution in [0.5, 0.6) is 5.75 Å². The van der Waals surface area contributed by atoms with Crippen LogP contribution in [-0.2, 0) is 22.5 Å². The molecule has 8 nitrogen and oxygen atoms in total. The van der Waals surface area contributed by atoms with E-state index in [0.29, 0.717) is 50.8 Å². The van der Waals surface area contributed by atoms with Crippen molar-refractivity contribution in [3.63, 3.8) is 0 Å². The largest absolute Gasteiger partial charge is 0.467 e. The lowest BCUT2D eigenvalue weighted by atomic mass is 10.1. The summed E-state index contributed by atoms with van der Waals surface area (Å²) >= 11 is 0. The van der Waals surface area contributed by atoms with Gasteiger partial charge in [0.15, 0.2) is 12.8 Å². The van der Waals surface area contributed by atoms with Crippen molar-refractivity contribution >= 4 is 36.0 Å². The van der Waals surface area contributed by atoms with E-state index in [1.54, 1.807) is 7.05 Å². The second-order valence-electron chi connectivity index (χ2n) is 7.62. The van der Waals surface area contributed by atoms with E-state index in [0.717, 1.165) is 11.1 Å². The van der Waals surface area contributed by atoms with Crippen molar-refractivity contribution in [3.8, 4) is 5.75 Å². The summed E-state index contributed by atoms with van der Waals surface area (Å²) in [7, 11) is 1.68. The number of carbonyl (C=O) groups excluding carboxylic acids is 1. The summed E-state index contributed by atoms with van der Waals surface area (Å²) in [6.45, 7) is 7.69. The molecule has 0 aromatic heterocycles. The van der Waals surface area contributed by atoms with E-state index in [9.17, 15) is 9.18 Å². The molecule has 0 aliphatic carbocycles. The highest BCUT2D eigenvalue weighted by Crippen LogP contribution is 2.29. The number of nitrogens with zero attached hydrogens (tertiary/aromatic N) is 1. The Balaban J connectivity index is 0.00000450. The van der Waals surface area contributed by atoms with Crippen LogP contribution < -0.4 is 20.7 Å². The highest BCUT2D eigenvalue weighted by Gasteiger charge is 2.17. The molecule has 30 heavy (non-hydrogen) atoms. The Kier molecular flexibility index (Phi) is 11.2. The summed E-state index contributed by atoms with van der Waals surface area (Å²) in [5.41, 5.74) is 1.02. The second-order valence-corrected chi connectivity index (χ2v) is 7.62. The van der Waals surface area contributed by atoms with Gasteiger partial charge in [-0.3, -0.25) is 4.99 Å². The molecule has 0 fully saturated rings. The lowest BCUT2D eigenvalue weighted by molar-refractivity contribution is -0.0172. The van der Waals surface area contributed by atoms with E-state index in [1.165, 1.54) is 12.1 Å². The minimum Gasteiger partial charge on any atom is -0.467 e. The standard InChI is InChI=1S/C20H31FN4O4.HI/c1-20(2,3)29-19(26)25-8-5-7-23-18(22-4)24-9-6-14-10-16(21)11-15-12-27-13-28-17(14)15;/h10-11H,5-9,12-13H2,1-4H3,(H,25,26)(H2,22,23,24);1H. The van der Waals surface area contributed by atoms with Gasteiger partial charge in [-0.05, 0) is 51.3 Å². The lowest BCUT2D eigenvalue weighted by Gasteiger charge is -2.21. The fourth-order valence-corrected chi connectivity index (χ4v) is 2.78. The van der Waals surface area contributed by atoms with Crippen LogP contribution in [0.3, 0.4) is 0 Å². The zero-order valence-corrected chi connectivity index (χ0v) is 20.3. The van der Waals surface area contributed by atoms with Crippen LogP contribution in [0.25, 0.3) is 0 Å². The summed E-state index contributed by atoms with van der Waals surface area (Å²) in [4.78, 5) is 15.7. The first-order valence-electron chi connectivity index (χ1n) is 9.71. The molecule has 1 aromatic rings. The molecule has 1 aliphatic rings. The van der Waals surface area contributed by atoms with Crippen LogP contribution in [0.2, 0.25) is 0 Å². The minimum atomic E-state index is -0.507. The fourth-order valence-electron chi connectivity index (χ4n) is 2.78. The average molecular weight is 538 g/mol. The van der Waals surface area contributed by atoms with Gasteiger partial charge in [0, 0.05) is 32.2 Å². The van der Waals surface area contributed by atoms with Crippen LogP contribution in [0.15, 0.2) is 17.1 Å². The van der Waals surface area contributed by atoms with Crippen molar-refractivity contribution in [2.75, 3.05) is 33.5 Å². The maximum atomic E-state index is 13.8. The van der Waals surface area contributed by atoms with Crippen molar-refractivity contribution < 1.29 is 23.4 Å². The quantitative estimate of drug-likeness (QED) is 0.214. The SMILES string of the molecule is CN=C(NCCCNC(=O)OC(C)(C)C)NCCc1cc(F)cc2c1OCOC2.I. The van der Waals surface area contributed by atoms with Gasteiger partial charge in [0.25, 0.3) is 0 Å². The molecular weight excluding hydrogens is 506 g/mol. The predicted molar refractivity (Wildman–Crippen MR) is 124 cm³/mol. The van der Waals surface area contributed by atoms with Gasteiger partial charge in [0.05, 0.1) is 6.61 Å². The molecule has 170 valence electrons. The molecule has 1 amide bonds. The van der Waals surface area contributed by atoms with Gasteiger partial charge in [-0.15, -0.1) is 24.0 Å². The Bertz CT molecular complexity index is 725. The summed E-state index contributed by atoms with van der Waals surface area (Å²) in [6, 6.07) is 2.93. The Morgan fingerprint density at radius 3 is 2.60 bits per heavy atom. The number of hydrogen-bond donors (Lipinski definition) is 3. The van der Waals surface area contributed by atoms with Crippen molar-refractivity contribution in [3.05, 3.63) is 29.1 Å². The molecule has 0 unspecified atom stereocenters. The maximum Gasteiger partial charge on any atom is 0.407 e. The number of benzene rings is 1. The minimum absolute atomic E-state index is 0. The van der Waals surface area contributed by atoms with E-state index in [2.05, 4.69) is 20.9 Å². The first-order chi connectivity index (χ1) is 13.8. The monoisotopic (exact) mass is 538 g/mol. The lowest BCUT2D eigenvalue weighted by Crippen LogP contribution is -2.40. The van der Waals surface area contributed by atoms with Crippen molar-refractivity contribution in [2.24, 2.45) is 4.99 Å². The van der Waals surface area contributed by atoms with Crippen molar-refractivity contribution in [1.29, 1.82) is 0 Å². The first kappa shape index (κ1) is 26.2. The molecule has 0 radical (unpaired) electrons. The van der Waals surface area contributed by atoms with Crippen molar-refractivity contribution in [2.45, 2.75) is 45.8 Å². The first-order valence-corrected chi connectivity index (χ1v) is 9.71. The van der Waals surface area contributed by atoms with Gasteiger partial charge in [0.1, 0.15) is 17.2 Å². The van der Waals surface area contributed by atoms with Gasteiger partial charge in [0.2, 0.25) is 0 Å². The number of ether oxygens (including phenoxy) is 3. The summed E-state index contributed by atoms with van der Waals surface area (Å²) in [6.07, 6.45) is 0.873. The molecule has 0 bridgehead atoms. The molecule has 3 N–H and O–H groups in total. The van der Waals surface area contributed by atoms with Crippen molar-refractivity contribution in [1.82, 2.24) is 16.0 Å². The summed E-state index contributed by atoms with van der Waals surface area (Å²) in [5, 5.41) is 9.07. The van der Waals surface area contributed by atoms with Crippen LogP contribution in [0, 0.1) is 5.82 Å². The highest BCUT2D eigenvalue weighted by atomic mass is 127. The van der Waals surface area contributed by atoms with E-state index in [1.807, 2.05) is 20.8 Å². The molecule has 2 rings (SSSR count). The zero-order chi connectivity index (χ0) is 21.3. The third kappa shape index (κ3) is 9.33. The number of guanidine groups is 1. The van der Waals surface area contributed by atoms with E-state index in [-0.39, 0.29) is 36.6 Å². The number of carbonyl (C=O) groups is 1. The third-order valence-electron chi connectivity index (χ3n) is 3.98. The molecular formula is C20H32FIN4O4. The number of alkyl carbamates (subject to hydrolysis) is 1. The summed E-state index contributed by atoms with van der Waals surface area (Å²) in [5.74, 6) is 1.04. The molecule has 1 aromatic carbocycles. The Labute approximate surface area is 194 Å². The van der Waals surface area contributed by atoms with Crippen LogP contribution >= 0.6 is 24.0 Å². The Morgan fingerprint density at radius 1 is 1.20 bits per heavy atom. The van der Waals surface area contributed by atoms with Gasteiger partial charge < -0.3 is 30.2 Å². The normalized spacial score (nSPS) is 13.4. The predicted octanol–water partition coefficient (Wildman–Crippen LogP) is 2.93. The number of rotatable bonds is 7. The molecule has 0 saturated heterocycles. The highest BCUT2D eigenvalue weighted by molar-refractivity contribution is 14.0. The number of hydrogen-bond acceptors (Lipinski definition) is 5. The topological polar surface area (TPSA) is 93.2 Å². The van der Waals surface area contributed by atoms with Gasteiger partial charge in [-0.25, -0.2) is 9.18 Å². The number of amides is 1. The molecule has 0 saturated carbocycles. The fraction of sp³-hybridized carbons (Fsp3) is 0.600. The number of nitrogens with one attached hydrogen (secondary N) is 3. The number of fused-ring (bicyclic) bond motifs is 1. The zero-order valence-electron chi connectivity index (χ0n) is 18.0. The van der Waals surface area contributed by atoms with Gasteiger partial charge in [-0.2, -0.15) is 0 Å². The smallest absolute Gasteiger partial charge is 0.407 e. The molecule has 10 heteroatoms. The molecule has 1 heterocycles. The van der Waals surface area contributed by atoms with Gasteiger partial charge >= 0.3 is 6.09 Å². The van der Waals surface area contributed by atoms with Crippen LogP contribution in [0.1, 0.15) is 38.3 Å². The summed E-state index contributed by atoms with van der Waals surface area (Å²) < 4.78 is 29.7. The molecule has 0 spiro atoms. The van der Waals surface area contributed by atoms with Crippen LogP contribution in [-0.4, -0.2) is 51.1 Å². The van der Waals surface area contributed by atoms with Crippen LogP contribution in [0.4, 0.5) is 9.18 Å². The number of aliphatic imine (C=N–C) groups is 1. The number of halogens is 2. The maximum absolute atomic E-state index is 13.8. The third-order valence-corrected chi connectivity index (χ3v) is 3.98. The van der Waals surface area contributed by atoms with E-state index >= 15 is 0 Å². The molecule has 0 atom stereocenters. The van der Waals surface area contributed by atoms with Gasteiger partial charge in [-0.1, -0.05) is 0 Å². The Hall–Kier alpha value is -1.82. The second kappa shape index (κ2) is 12.8. The van der Waals surface area contributed by atoms with E-state index in [4.69, 9.17) is 14.2 Å². The van der Waals surface area contributed by atoms with E-state index < -0.39 is 11.7 Å². The average Bonchev–Trinajstić information content (AvgIpc) is 2.64. The Morgan fingerprint density at radius 2 is 1.90 bits per heavy atom. The molecule has 1 aliphatic heterocycles.